The lowest BCUT2D eigenvalue weighted by Crippen LogP contribution is -2.41. The second-order valence-corrected chi connectivity index (χ2v) is 7.44. The Morgan fingerprint density at radius 2 is 1.50 bits per heavy atom. The lowest BCUT2D eigenvalue weighted by Gasteiger charge is -2.32. The van der Waals surface area contributed by atoms with E-state index in [4.69, 9.17) is 9.31 Å². The van der Waals surface area contributed by atoms with Crippen LogP contribution in [0.25, 0.3) is 0 Å². The molecule has 1 saturated carbocycles. The Balaban J connectivity index is 1.66. The first-order valence-corrected chi connectivity index (χ1v) is 7.74. The number of rotatable bonds is 4. The van der Waals surface area contributed by atoms with Crippen molar-refractivity contribution in [2.24, 2.45) is 0 Å². The molecule has 1 aliphatic carbocycles. The molecular weight excluding hydrogens is 247 g/mol. The highest BCUT2D eigenvalue weighted by atomic mass is 16.7. The summed E-state index contributed by atoms with van der Waals surface area (Å²) in [5, 5.41) is 0.251. The molecule has 2 aliphatic rings. The smallest absolute Gasteiger partial charge is 0.403 e. The third-order valence-electron chi connectivity index (χ3n) is 5.40. The minimum atomic E-state index is -0.208. The summed E-state index contributed by atoms with van der Waals surface area (Å²) in [6, 6.07) is 10.7. The van der Waals surface area contributed by atoms with E-state index in [9.17, 15) is 0 Å². The molecule has 3 rings (SSSR count). The van der Waals surface area contributed by atoms with E-state index in [2.05, 4.69) is 58.0 Å². The molecule has 1 heterocycles. The summed E-state index contributed by atoms with van der Waals surface area (Å²) in [5.74, 6) is 0. The Hall–Kier alpha value is -0.795. The van der Waals surface area contributed by atoms with Crippen LogP contribution in [0.5, 0.6) is 0 Å². The largest absolute Gasteiger partial charge is 0.464 e. The van der Waals surface area contributed by atoms with Gasteiger partial charge in [-0.15, -0.1) is 0 Å². The average molecular weight is 272 g/mol. The van der Waals surface area contributed by atoms with Crippen molar-refractivity contribution in [2.45, 2.75) is 69.9 Å². The molecular formula is C17H25BO2. The van der Waals surface area contributed by atoms with E-state index in [1.165, 1.54) is 18.4 Å². The quantitative estimate of drug-likeness (QED) is 0.763. The van der Waals surface area contributed by atoms with Crippen molar-refractivity contribution >= 4 is 7.12 Å². The first-order chi connectivity index (χ1) is 9.35. The Bertz CT molecular complexity index is 461. The molecule has 0 atom stereocenters. The van der Waals surface area contributed by atoms with Crippen molar-refractivity contribution in [3.8, 4) is 0 Å². The van der Waals surface area contributed by atoms with Gasteiger partial charge in [-0.3, -0.25) is 0 Å². The molecule has 1 saturated heterocycles. The van der Waals surface area contributed by atoms with Crippen LogP contribution < -0.4 is 0 Å². The van der Waals surface area contributed by atoms with E-state index < -0.39 is 0 Å². The van der Waals surface area contributed by atoms with Crippen LogP contribution in [-0.4, -0.2) is 18.3 Å². The van der Waals surface area contributed by atoms with Crippen LogP contribution in [0.2, 0.25) is 5.31 Å². The molecule has 0 amide bonds. The van der Waals surface area contributed by atoms with Gasteiger partial charge in [-0.2, -0.15) is 0 Å². The summed E-state index contributed by atoms with van der Waals surface area (Å²) in [5.41, 5.74) is 0.996. The van der Waals surface area contributed by atoms with Gasteiger partial charge in [0.05, 0.1) is 11.2 Å². The molecule has 20 heavy (non-hydrogen) atoms. The summed E-state index contributed by atoms with van der Waals surface area (Å²) in [6.07, 6.45) is 4.74. The second-order valence-electron chi connectivity index (χ2n) is 7.44. The monoisotopic (exact) mass is 272 g/mol. The van der Waals surface area contributed by atoms with Crippen molar-refractivity contribution in [1.29, 1.82) is 0 Å². The Morgan fingerprint density at radius 1 is 0.950 bits per heavy atom. The van der Waals surface area contributed by atoms with Gasteiger partial charge in [-0.1, -0.05) is 30.3 Å². The van der Waals surface area contributed by atoms with Gasteiger partial charge in [0.1, 0.15) is 0 Å². The van der Waals surface area contributed by atoms with E-state index in [0.29, 0.717) is 0 Å². The fraction of sp³-hybridized carbons (Fsp3) is 0.647. The molecule has 3 heteroatoms. The molecule has 1 aliphatic heterocycles. The van der Waals surface area contributed by atoms with Gasteiger partial charge in [0.2, 0.25) is 0 Å². The van der Waals surface area contributed by atoms with Gasteiger partial charge >= 0.3 is 7.12 Å². The molecule has 0 unspecified atom stereocenters. The molecule has 0 radical (unpaired) electrons. The van der Waals surface area contributed by atoms with E-state index in [-0.39, 0.29) is 23.6 Å². The fourth-order valence-corrected chi connectivity index (χ4v) is 2.90. The van der Waals surface area contributed by atoms with Gasteiger partial charge in [-0.05, 0) is 58.9 Å². The van der Waals surface area contributed by atoms with E-state index in [1.54, 1.807) is 0 Å². The highest BCUT2D eigenvalue weighted by Gasteiger charge is 2.63. The molecule has 2 nitrogen and oxygen atoms in total. The Kier molecular flexibility index (Phi) is 3.26. The lowest BCUT2D eigenvalue weighted by atomic mass is 9.65. The topological polar surface area (TPSA) is 18.5 Å². The van der Waals surface area contributed by atoms with Gasteiger partial charge in [-0.25, -0.2) is 0 Å². The SMILES string of the molecule is CC1(C)OB(C2(CCc3ccccc3)CC2)OC1(C)C. The summed E-state index contributed by atoms with van der Waals surface area (Å²) >= 11 is 0. The first kappa shape index (κ1) is 14.2. The Morgan fingerprint density at radius 3 is 2.00 bits per heavy atom. The van der Waals surface area contributed by atoms with E-state index >= 15 is 0 Å². The van der Waals surface area contributed by atoms with Crippen LogP contribution in [-0.2, 0) is 15.7 Å². The number of hydrogen-bond acceptors (Lipinski definition) is 2. The summed E-state index contributed by atoms with van der Waals surface area (Å²) in [7, 11) is -0.0313. The van der Waals surface area contributed by atoms with E-state index in [0.717, 1.165) is 12.8 Å². The highest BCUT2D eigenvalue weighted by Crippen LogP contribution is 2.63. The predicted molar refractivity (Wildman–Crippen MR) is 82.8 cm³/mol. The van der Waals surface area contributed by atoms with Gasteiger partial charge in [0.25, 0.3) is 0 Å². The van der Waals surface area contributed by atoms with Gasteiger partial charge in [0, 0.05) is 5.31 Å². The van der Waals surface area contributed by atoms with E-state index in [1.807, 2.05) is 0 Å². The predicted octanol–water partition coefficient (Wildman–Crippen LogP) is 4.25. The molecule has 1 aromatic rings. The van der Waals surface area contributed by atoms with Crippen LogP contribution >= 0.6 is 0 Å². The third-order valence-corrected chi connectivity index (χ3v) is 5.40. The second kappa shape index (κ2) is 4.61. The molecule has 2 fully saturated rings. The number of aryl methyl sites for hydroxylation is 1. The maximum atomic E-state index is 6.26. The van der Waals surface area contributed by atoms with Crippen molar-refractivity contribution in [3.63, 3.8) is 0 Å². The van der Waals surface area contributed by atoms with Crippen LogP contribution in [0.15, 0.2) is 30.3 Å². The van der Waals surface area contributed by atoms with Crippen LogP contribution in [0.4, 0.5) is 0 Å². The third kappa shape index (κ3) is 2.42. The summed E-state index contributed by atoms with van der Waals surface area (Å²) in [4.78, 5) is 0. The zero-order valence-electron chi connectivity index (χ0n) is 13.1. The highest BCUT2D eigenvalue weighted by molar-refractivity contribution is 6.51. The Labute approximate surface area is 123 Å². The maximum Gasteiger partial charge on any atom is 0.464 e. The fourth-order valence-electron chi connectivity index (χ4n) is 2.90. The normalized spacial score (nSPS) is 25.7. The van der Waals surface area contributed by atoms with Crippen molar-refractivity contribution in [1.82, 2.24) is 0 Å². The zero-order valence-corrected chi connectivity index (χ0v) is 13.1. The maximum absolute atomic E-state index is 6.26. The lowest BCUT2D eigenvalue weighted by molar-refractivity contribution is 0.00578. The molecule has 0 N–H and O–H groups in total. The van der Waals surface area contributed by atoms with Crippen LogP contribution in [0, 0.1) is 0 Å². The van der Waals surface area contributed by atoms with Gasteiger partial charge < -0.3 is 9.31 Å². The van der Waals surface area contributed by atoms with Crippen LogP contribution in [0.1, 0.15) is 52.5 Å². The van der Waals surface area contributed by atoms with Crippen molar-refractivity contribution < 1.29 is 9.31 Å². The van der Waals surface area contributed by atoms with Crippen molar-refractivity contribution in [3.05, 3.63) is 35.9 Å². The molecule has 108 valence electrons. The molecule has 0 aromatic heterocycles. The minimum absolute atomic E-state index is 0.0313. The summed E-state index contributed by atoms with van der Waals surface area (Å²) in [6.45, 7) is 8.56. The molecule has 0 spiro atoms. The molecule has 0 bridgehead atoms. The van der Waals surface area contributed by atoms with Crippen molar-refractivity contribution in [2.75, 3.05) is 0 Å². The van der Waals surface area contributed by atoms with Gasteiger partial charge in [0.15, 0.2) is 0 Å². The first-order valence-electron chi connectivity index (χ1n) is 7.74. The zero-order chi connectivity index (χ0) is 14.4. The number of benzene rings is 1. The molecule has 1 aromatic carbocycles. The average Bonchev–Trinajstić information content (AvgIpc) is 3.13. The van der Waals surface area contributed by atoms with Crippen LogP contribution in [0.3, 0.4) is 0 Å². The standard InChI is InChI=1S/C17H25BO2/c1-15(2)16(3,4)20-18(19-15)17(12-13-17)11-10-14-8-6-5-7-9-14/h5-9H,10-13H2,1-4H3. The summed E-state index contributed by atoms with van der Waals surface area (Å²) < 4.78 is 12.5. The minimum Gasteiger partial charge on any atom is -0.403 e. The number of hydrogen-bond donors (Lipinski definition) is 0.